The summed E-state index contributed by atoms with van der Waals surface area (Å²) in [7, 11) is 3.80. The Morgan fingerprint density at radius 1 is 1.15 bits per heavy atom. The zero-order chi connectivity index (χ0) is 15.5. The number of hydrogen-bond donors (Lipinski definition) is 1. The molecule has 118 valence electrons. The van der Waals surface area contributed by atoms with Crippen LogP contribution < -0.4 is 5.32 Å². The van der Waals surface area contributed by atoms with Gasteiger partial charge in [0.2, 0.25) is 0 Å². The lowest BCUT2D eigenvalue weighted by Gasteiger charge is -2.25. The Labute approximate surface area is 125 Å². The third kappa shape index (κ3) is 8.82. The fourth-order valence-corrected chi connectivity index (χ4v) is 1.59. The first-order chi connectivity index (χ1) is 9.40. The summed E-state index contributed by atoms with van der Waals surface area (Å²) >= 11 is 5.99. The summed E-state index contributed by atoms with van der Waals surface area (Å²) in [5.41, 5.74) is -0.736. The van der Waals surface area contributed by atoms with E-state index in [0.29, 0.717) is 13.1 Å². The molecule has 0 aromatic heterocycles. The van der Waals surface area contributed by atoms with Crippen molar-refractivity contribution in [3.05, 3.63) is 0 Å². The summed E-state index contributed by atoms with van der Waals surface area (Å²) in [6.45, 7) is 5.25. The second-order valence-electron chi connectivity index (χ2n) is 4.28. The zero-order valence-electron chi connectivity index (χ0n) is 12.5. The molecule has 0 radical (unpaired) electrons. The highest BCUT2D eigenvalue weighted by Gasteiger charge is 2.20. The van der Waals surface area contributed by atoms with E-state index < -0.39 is 17.7 Å². The Kier molecular flexibility index (Phi) is 9.92. The van der Waals surface area contributed by atoms with Crippen LogP contribution >= 0.6 is 11.6 Å². The molecule has 20 heavy (non-hydrogen) atoms. The van der Waals surface area contributed by atoms with E-state index in [4.69, 9.17) is 21.1 Å². The van der Waals surface area contributed by atoms with E-state index in [9.17, 15) is 9.59 Å². The summed E-state index contributed by atoms with van der Waals surface area (Å²) in [4.78, 5) is 26.4. The predicted molar refractivity (Wildman–Crippen MR) is 76.9 cm³/mol. The molecule has 1 unspecified atom stereocenters. The first kappa shape index (κ1) is 18.8. The number of likely N-dealkylation sites (N-methyl/N-ethyl adjacent to an activating group) is 1. The van der Waals surface area contributed by atoms with Gasteiger partial charge < -0.3 is 24.6 Å². The van der Waals surface area contributed by atoms with Crippen molar-refractivity contribution in [2.24, 2.45) is 0 Å². The molecule has 0 aliphatic rings. The molecule has 0 rings (SSSR count). The molecule has 0 heterocycles. The average Bonchev–Trinajstić information content (AvgIpc) is 2.34. The quantitative estimate of drug-likeness (QED) is 0.541. The monoisotopic (exact) mass is 309 g/mol. The molecule has 8 heteroatoms. The Hall–Kier alpha value is -1.21. The fourth-order valence-electron chi connectivity index (χ4n) is 1.33. The maximum absolute atomic E-state index is 11.8. The van der Waals surface area contributed by atoms with Crippen molar-refractivity contribution in [1.82, 2.24) is 15.1 Å². The van der Waals surface area contributed by atoms with Crippen molar-refractivity contribution >= 4 is 23.8 Å². The summed E-state index contributed by atoms with van der Waals surface area (Å²) < 4.78 is 9.68. The maximum Gasteiger partial charge on any atom is 0.409 e. The third-order valence-corrected chi connectivity index (χ3v) is 2.52. The summed E-state index contributed by atoms with van der Waals surface area (Å²) in [6, 6.07) is 0. The van der Waals surface area contributed by atoms with Gasteiger partial charge in [-0.15, -0.1) is 0 Å². The Morgan fingerprint density at radius 3 is 2.25 bits per heavy atom. The van der Waals surface area contributed by atoms with Crippen LogP contribution in [0.25, 0.3) is 0 Å². The summed E-state index contributed by atoms with van der Waals surface area (Å²) in [5.74, 6) is 0. The fraction of sp³-hybridized carbons (Fsp3) is 0.833. The molecule has 0 aromatic rings. The molecule has 2 amide bonds. The number of halogens is 1. The van der Waals surface area contributed by atoms with E-state index in [1.54, 1.807) is 13.8 Å². The zero-order valence-corrected chi connectivity index (χ0v) is 13.3. The number of carbonyl (C=O) groups is 2. The highest BCUT2D eigenvalue weighted by atomic mass is 35.5. The van der Waals surface area contributed by atoms with Crippen LogP contribution in [-0.4, -0.2) is 74.4 Å². The standard InChI is InChI=1S/C12H24ClN3O4/c1-5-19-11(17)14-10(13)9-16(8-7-15(3)4)12(18)20-6-2/h10H,5-9H2,1-4H3,(H,14,17). The molecule has 0 spiro atoms. The largest absolute Gasteiger partial charge is 0.450 e. The first-order valence-electron chi connectivity index (χ1n) is 6.54. The molecule has 0 saturated carbocycles. The molecule has 1 atom stereocenters. The van der Waals surface area contributed by atoms with E-state index in [-0.39, 0.29) is 19.8 Å². The van der Waals surface area contributed by atoms with Crippen LogP contribution in [0.4, 0.5) is 9.59 Å². The number of alkyl carbamates (subject to hydrolysis) is 1. The van der Waals surface area contributed by atoms with Gasteiger partial charge in [-0.2, -0.15) is 0 Å². The Bertz CT molecular complexity index is 302. The SMILES string of the molecule is CCOC(=O)NC(Cl)CN(CCN(C)C)C(=O)OCC. The van der Waals surface area contributed by atoms with E-state index in [2.05, 4.69) is 5.32 Å². The lowest BCUT2D eigenvalue weighted by Crippen LogP contribution is -2.45. The van der Waals surface area contributed by atoms with Crippen LogP contribution in [0.2, 0.25) is 0 Å². The molecular formula is C12H24ClN3O4. The number of hydrogen-bond acceptors (Lipinski definition) is 5. The molecule has 0 aromatic carbocycles. The molecule has 0 aliphatic heterocycles. The minimum Gasteiger partial charge on any atom is -0.450 e. The number of ether oxygens (including phenoxy) is 2. The molecule has 0 bridgehead atoms. The molecule has 0 aliphatic carbocycles. The van der Waals surface area contributed by atoms with Gasteiger partial charge >= 0.3 is 12.2 Å². The molecule has 0 fully saturated rings. The predicted octanol–water partition coefficient (Wildman–Crippen LogP) is 1.32. The van der Waals surface area contributed by atoms with Gasteiger partial charge in [-0.25, -0.2) is 9.59 Å². The van der Waals surface area contributed by atoms with E-state index in [0.717, 1.165) is 0 Å². The van der Waals surface area contributed by atoms with Crippen LogP contribution in [0.15, 0.2) is 0 Å². The maximum atomic E-state index is 11.8. The molecule has 7 nitrogen and oxygen atoms in total. The van der Waals surface area contributed by atoms with Gasteiger partial charge in [0.15, 0.2) is 0 Å². The second-order valence-corrected chi connectivity index (χ2v) is 4.81. The third-order valence-electron chi connectivity index (χ3n) is 2.27. The summed E-state index contributed by atoms with van der Waals surface area (Å²) in [6.07, 6.45) is -1.06. The van der Waals surface area contributed by atoms with E-state index >= 15 is 0 Å². The minimum absolute atomic E-state index is 0.146. The van der Waals surface area contributed by atoms with Crippen LogP contribution in [0, 0.1) is 0 Å². The van der Waals surface area contributed by atoms with Crippen molar-refractivity contribution < 1.29 is 19.1 Å². The van der Waals surface area contributed by atoms with Crippen LogP contribution in [-0.2, 0) is 9.47 Å². The van der Waals surface area contributed by atoms with Gasteiger partial charge in [-0.1, -0.05) is 11.6 Å². The molecular weight excluding hydrogens is 286 g/mol. The highest BCUT2D eigenvalue weighted by molar-refractivity contribution is 6.21. The van der Waals surface area contributed by atoms with Gasteiger partial charge in [-0.05, 0) is 27.9 Å². The number of carbonyl (C=O) groups excluding carboxylic acids is 2. The Morgan fingerprint density at radius 2 is 1.75 bits per heavy atom. The van der Waals surface area contributed by atoms with Gasteiger partial charge in [0.05, 0.1) is 19.8 Å². The van der Waals surface area contributed by atoms with Crippen LogP contribution in [0.5, 0.6) is 0 Å². The Balaban J connectivity index is 4.38. The lowest BCUT2D eigenvalue weighted by molar-refractivity contribution is 0.102. The van der Waals surface area contributed by atoms with Crippen molar-refractivity contribution in [2.75, 3.05) is 46.9 Å². The number of alkyl halides is 1. The minimum atomic E-state index is -0.736. The van der Waals surface area contributed by atoms with Gasteiger partial charge in [-0.3, -0.25) is 0 Å². The van der Waals surface area contributed by atoms with Crippen molar-refractivity contribution in [3.63, 3.8) is 0 Å². The smallest absolute Gasteiger partial charge is 0.409 e. The van der Waals surface area contributed by atoms with Gasteiger partial charge in [0.1, 0.15) is 5.50 Å². The van der Waals surface area contributed by atoms with Crippen molar-refractivity contribution in [3.8, 4) is 0 Å². The van der Waals surface area contributed by atoms with Crippen LogP contribution in [0.3, 0.4) is 0 Å². The number of amides is 2. The first-order valence-corrected chi connectivity index (χ1v) is 6.98. The highest BCUT2D eigenvalue weighted by Crippen LogP contribution is 2.01. The van der Waals surface area contributed by atoms with Gasteiger partial charge in [0, 0.05) is 13.1 Å². The average molecular weight is 310 g/mol. The van der Waals surface area contributed by atoms with Gasteiger partial charge in [0.25, 0.3) is 0 Å². The molecule has 0 saturated heterocycles. The van der Waals surface area contributed by atoms with Crippen molar-refractivity contribution in [2.45, 2.75) is 19.3 Å². The number of nitrogens with zero attached hydrogens (tertiary/aromatic N) is 2. The number of rotatable bonds is 8. The normalized spacial score (nSPS) is 11.9. The van der Waals surface area contributed by atoms with Crippen LogP contribution in [0.1, 0.15) is 13.8 Å². The second kappa shape index (κ2) is 10.6. The van der Waals surface area contributed by atoms with E-state index in [1.165, 1.54) is 4.90 Å². The van der Waals surface area contributed by atoms with Crippen molar-refractivity contribution in [1.29, 1.82) is 0 Å². The number of nitrogens with one attached hydrogen (secondary N) is 1. The lowest BCUT2D eigenvalue weighted by atomic mass is 10.4. The summed E-state index contributed by atoms with van der Waals surface area (Å²) in [5, 5.41) is 2.44. The topological polar surface area (TPSA) is 71.1 Å². The van der Waals surface area contributed by atoms with E-state index in [1.807, 2.05) is 19.0 Å². The molecule has 1 N–H and O–H groups in total.